The molecule has 0 atom stereocenters. The van der Waals surface area contributed by atoms with E-state index in [9.17, 15) is 0 Å². The Labute approximate surface area is 364 Å². The van der Waals surface area contributed by atoms with Crippen LogP contribution in [0.15, 0.2) is 85.1 Å². The van der Waals surface area contributed by atoms with Crippen LogP contribution in [-0.4, -0.2) is 31.6 Å². The van der Waals surface area contributed by atoms with E-state index < -0.39 is 0 Å². The third-order valence-electron chi connectivity index (χ3n) is 10.7. The van der Waals surface area contributed by atoms with Gasteiger partial charge in [-0.2, -0.15) is 6.67 Å². The molecule has 0 radical (unpaired) electrons. The molecule has 308 valence electrons. The summed E-state index contributed by atoms with van der Waals surface area (Å²) in [6, 6.07) is 35.0. The Kier molecular flexibility index (Phi) is 10.6. The normalized spacial score (nSPS) is 13.6. The number of aromatic nitrogens is 5. The van der Waals surface area contributed by atoms with Crippen molar-refractivity contribution in [1.82, 2.24) is 24.5 Å². The van der Waals surface area contributed by atoms with Gasteiger partial charge < -0.3 is 19.1 Å². The Bertz CT molecular complexity index is 2670. The van der Waals surface area contributed by atoms with Gasteiger partial charge in [-0.05, 0) is 64.7 Å². The molecule has 4 heterocycles. The molecular formula is C50H54N7OPt-3. The monoisotopic (exact) mass is 963 g/mol. The van der Waals surface area contributed by atoms with Crippen molar-refractivity contribution >= 4 is 38.9 Å². The van der Waals surface area contributed by atoms with Crippen LogP contribution in [-0.2, 0) is 42.7 Å². The Morgan fingerprint density at radius 3 is 1.90 bits per heavy atom. The minimum absolute atomic E-state index is 0. The number of benzene rings is 4. The molecule has 0 saturated carbocycles. The summed E-state index contributed by atoms with van der Waals surface area (Å²) in [7, 11) is 2.07. The van der Waals surface area contributed by atoms with Crippen LogP contribution in [0.5, 0.6) is 11.5 Å². The molecule has 1 aliphatic rings. The van der Waals surface area contributed by atoms with Crippen molar-refractivity contribution in [3.8, 4) is 28.7 Å². The van der Waals surface area contributed by atoms with Crippen LogP contribution in [0, 0.1) is 18.8 Å². The maximum absolute atomic E-state index is 7.14. The van der Waals surface area contributed by atoms with Crippen LogP contribution in [0.3, 0.4) is 0 Å². The zero-order chi connectivity index (χ0) is 41.5. The molecule has 0 amide bonds. The van der Waals surface area contributed by atoms with E-state index in [-0.39, 0.29) is 42.7 Å². The minimum atomic E-state index is -0.328. The average molecular weight is 964 g/mol. The molecule has 0 aliphatic carbocycles. The second-order valence-corrected chi connectivity index (χ2v) is 19.6. The first kappa shape index (κ1) is 42.1. The first-order valence-electron chi connectivity index (χ1n) is 20.1. The van der Waals surface area contributed by atoms with Crippen molar-refractivity contribution < 1.29 is 25.8 Å². The van der Waals surface area contributed by atoms with Gasteiger partial charge in [0, 0.05) is 66.5 Å². The fourth-order valence-electron chi connectivity index (χ4n) is 7.29. The van der Waals surface area contributed by atoms with E-state index >= 15 is 0 Å². The summed E-state index contributed by atoms with van der Waals surface area (Å²) in [6.45, 7) is 28.2. The van der Waals surface area contributed by atoms with Gasteiger partial charge in [0.05, 0.1) is 0 Å². The van der Waals surface area contributed by atoms with Crippen molar-refractivity contribution in [2.24, 2.45) is 0 Å². The summed E-state index contributed by atoms with van der Waals surface area (Å²) < 4.78 is 9.33. The minimum Gasteiger partial charge on any atom is -0.508 e. The van der Waals surface area contributed by atoms with E-state index in [2.05, 4.69) is 202 Å². The van der Waals surface area contributed by atoms with Gasteiger partial charge in [0.2, 0.25) is 0 Å². The van der Waals surface area contributed by atoms with Crippen molar-refractivity contribution in [3.63, 3.8) is 0 Å². The molecule has 1 aliphatic heterocycles. The Morgan fingerprint density at radius 2 is 1.25 bits per heavy atom. The van der Waals surface area contributed by atoms with Crippen molar-refractivity contribution in [2.45, 2.75) is 105 Å². The zero-order valence-corrected chi connectivity index (χ0v) is 38.8. The van der Waals surface area contributed by atoms with E-state index in [4.69, 9.17) is 24.7 Å². The number of nitrogens with zero attached hydrogens (tertiary/aromatic N) is 7. The Hall–Kier alpha value is -5.07. The fourth-order valence-corrected chi connectivity index (χ4v) is 7.29. The van der Waals surface area contributed by atoms with Crippen molar-refractivity contribution in [2.75, 3.05) is 16.8 Å². The van der Waals surface area contributed by atoms with Crippen LogP contribution in [0.2, 0.25) is 0 Å². The smallest absolute Gasteiger partial charge is 0.137 e. The predicted octanol–water partition coefficient (Wildman–Crippen LogP) is 12.3. The molecule has 0 bridgehead atoms. The average Bonchev–Trinajstić information content (AvgIpc) is 3.67. The van der Waals surface area contributed by atoms with Gasteiger partial charge >= 0.3 is 0 Å². The van der Waals surface area contributed by atoms with Gasteiger partial charge in [-0.3, -0.25) is 0 Å². The number of fused-ring (bicyclic) bond motifs is 4. The second kappa shape index (κ2) is 14.9. The van der Waals surface area contributed by atoms with E-state index in [1.165, 1.54) is 5.56 Å². The summed E-state index contributed by atoms with van der Waals surface area (Å²) in [6.07, 6.45) is 1.90. The van der Waals surface area contributed by atoms with Crippen LogP contribution in [0.25, 0.3) is 39.0 Å². The molecule has 0 unspecified atom stereocenters. The van der Waals surface area contributed by atoms with E-state index in [1.807, 2.05) is 6.20 Å². The molecule has 0 spiro atoms. The number of para-hydroxylation sites is 3. The summed E-state index contributed by atoms with van der Waals surface area (Å²) in [4.78, 5) is 24.6. The number of ether oxygens (including phenoxy) is 1. The number of anilines is 3. The first-order chi connectivity index (χ1) is 27.2. The van der Waals surface area contributed by atoms with Gasteiger partial charge in [-0.15, -0.1) is 47.0 Å². The van der Waals surface area contributed by atoms with Gasteiger partial charge in [0.15, 0.2) is 0 Å². The molecule has 7 aromatic rings. The fraction of sp³-hybridized carbons (Fsp3) is 0.340. The predicted molar refractivity (Wildman–Crippen MR) is 238 cm³/mol. The third-order valence-corrected chi connectivity index (χ3v) is 10.7. The molecule has 9 heteroatoms. The van der Waals surface area contributed by atoms with Crippen LogP contribution >= 0.6 is 0 Å². The topological polar surface area (TPSA) is 72.2 Å². The summed E-state index contributed by atoms with van der Waals surface area (Å²) in [5.41, 5.74) is 7.07. The van der Waals surface area contributed by atoms with Crippen LogP contribution < -0.4 is 14.5 Å². The quantitative estimate of drug-likeness (QED) is 0.159. The molecule has 8 rings (SSSR count). The number of rotatable bonds is 5. The van der Waals surface area contributed by atoms with E-state index in [0.717, 1.165) is 67.5 Å². The van der Waals surface area contributed by atoms with Crippen molar-refractivity contribution in [1.29, 1.82) is 0 Å². The van der Waals surface area contributed by atoms with Crippen LogP contribution in [0.1, 0.15) is 106 Å². The Morgan fingerprint density at radius 1 is 0.627 bits per heavy atom. The van der Waals surface area contributed by atoms with Gasteiger partial charge in [-0.25, -0.2) is 19.9 Å². The van der Waals surface area contributed by atoms with E-state index in [1.54, 1.807) is 0 Å². The van der Waals surface area contributed by atoms with Crippen LogP contribution in [0.4, 0.5) is 17.1 Å². The summed E-state index contributed by atoms with van der Waals surface area (Å²) >= 11 is 0. The molecule has 0 fully saturated rings. The molecule has 3 aromatic heterocycles. The molecular weight excluding hydrogens is 910 g/mol. The number of hydrogen-bond acceptors (Lipinski definition) is 7. The molecule has 59 heavy (non-hydrogen) atoms. The van der Waals surface area contributed by atoms with Gasteiger partial charge in [-0.1, -0.05) is 119 Å². The molecule has 0 N–H and O–H groups in total. The van der Waals surface area contributed by atoms with Gasteiger partial charge in [0.1, 0.15) is 23.3 Å². The second-order valence-electron chi connectivity index (χ2n) is 19.6. The molecule has 0 saturated heterocycles. The zero-order valence-electron chi connectivity index (χ0n) is 36.5. The largest absolute Gasteiger partial charge is 0.508 e. The standard InChI is InChI=1S/C50H54N7O.Pt/c1-47(2,3)31-22-23-51-43(26-31)57-38-19-15-14-18-35(38)36-28-37(44-52-45(49(7,8)9)54-46(53-44)50(10,11)12)42(29-41(36)57)58-34-25-32(48(4,5)6)24-33(27-34)56-30-55(13)39-20-16-17-21-40(39)56;/h14-26,28,30H,1-13H3;/q-3;. The maximum atomic E-state index is 7.14. The molecule has 4 aromatic carbocycles. The van der Waals surface area contributed by atoms with Gasteiger partial charge in [0.25, 0.3) is 0 Å². The third kappa shape index (κ3) is 8.01. The Balaban J connectivity index is 0.00000528. The maximum Gasteiger partial charge on any atom is 0.137 e. The summed E-state index contributed by atoms with van der Waals surface area (Å²) in [5.74, 6) is 3.85. The number of pyridine rings is 1. The first-order valence-corrected chi connectivity index (χ1v) is 20.1. The molecule has 8 nitrogen and oxygen atoms in total. The van der Waals surface area contributed by atoms with Crippen molar-refractivity contribution in [3.05, 3.63) is 127 Å². The number of hydrogen-bond donors (Lipinski definition) is 0. The summed E-state index contributed by atoms with van der Waals surface area (Å²) in [5, 5.41) is 2.07. The van der Waals surface area contributed by atoms with E-state index in [0.29, 0.717) is 17.3 Å². The SMILES string of the molecule is CN1[CH-]N(c2[c-]c(Oc3[c-]c4c(cc3-c3nc(C(C)(C)C)nc(C(C)(C)C)n3)c3ccccc3n4-c3cc(C(C)(C)C)ccn3)cc(C(C)(C)C)c2)c2ccccc21.[Pt].